The summed E-state index contributed by atoms with van der Waals surface area (Å²) in [4.78, 5) is 11.2. The van der Waals surface area contributed by atoms with Crippen LogP contribution in [0.5, 0.6) is 0 Å². The summed E-state index contributed by atoms with van der Waals surface area (Å²) < 4.78 is 61.9. The van der Waals surface area contributed by atoms with Gasteiger partial charge in [-0.2, -0.15) is 31.0 Å². The van der Waals surface area contributed by atoms with E-state index in [1.807, 2.05) is 4.72 Å². The number of halogens is 3. The van der Waals surface area contributed by atoms with E-state index in [2.05, 4.69) is 0 Å². The Balaban J connectivity index is 2.76. The fourth-order valence-corrected chi connectivity index (χ4v) is 3.22. The van der Waals surface area contributed by atoms with Gasteiger partial charge in [-0.3, -0.25) is 4.79 Å². The van der Waals surface area contributed by atoms with Gasteiger partial charge in [0.2, 0.25) is 0 Å². The third-order valence-electron chi connectivity index (χ3n) is 2.91. The normalized spacial score (nSPS) is 20.2. The first kappa shape index (κ1) is 16.2. The zero-order chi connectivity index (χ0) is 14.7. The van der Waals surface area contributed by atoms with Crippen molar-refractivity contribution in [1.29, 1.82) is 0 Å². The van der Waals surface area contributed by atoms with Crippen LogP contribution in [0.4, 0.5) is 13.2 Å². The minimum Gasteiger partial charge on any atom is -0.480 e. The molecule has 1 aliphatic rings. The third-order valence-corrected chi connectivity index (χ3v) is 4.09. The van der Waals surface area contributed by atoms with Crippen LogP contribution in [0, 0.1) is 0 Å². The molecule has 0 aromatic carbocycles. The van der Waals surface area contributed by atoms with Gasteiger partial charge in [0, 0.05) is 0 Å². The first-order valence-electron chi connectivity index (χ1n) is 5.65. The third kappa shape index (κ3) is 4.96. The Hall–Kier alpha value is -0.870. The Bertz CT molecular complexity index is 429. The lowest BCUT2D eigenvalue weighted by Gasteiger charge is -2.33. The van der Waals surface area contributed by atoms with E-state index in [0.717, 1.165) is 6.42 Å². The summed E-state index contributed by atoms with van der Waals surface area (Å²) in [6.07, 6.45) is -2.78. The first-order chi connectivity index (χ1) is 8.56. The SMILES string of the molecule is O=C(O)C1(NS(=O)(=O)NCC(F)(F)F)CCCCC1. The molecule has 1 aliphatic carbocycles. The minimum absolute atomic E-state index is 0.0647. The van der Waals surface area contributed by atoms with Gasteiger partial charge in [-0.1, -0.05) is 19.3 Å². The highest BCUT2D eigenvalue weighted by atomic mass is 32.2. The van der Waals surface area contributed by atoms with Gasteiger partial charge in [0.25, 0.3) is 10.2 Å². The molecule has 0 spiro atoms. The van der Waals surface area contributed by atoms with Crippen molar-refractivity contribution in [2.24, 2.45) is 0 Å². The van der Waals surface area contributed by atoms with Crippen LogP contribution in [0.2, 0.25) is 0 Å². The molecule has 19 heavy (non-hydrogen) atoms. The number of carboxylic acid groups (broad SMARTS) is 1. The second kappa shape index (κ2) is 5.63. The highest BCUT2D eigenvalue weighted by molar-refractivity contribution is 7.87. The average Bonchev–Trinajstić information content (AvgIpc) is 2.26. The fraction of sp³-hybridized carbons (Fsp3) is 0.889. The summed E-state index contributed by atoms with van der Waals surface area (Å²) in [5.74, 6) is -1.37. The maximum atomic E-state index is 11.9. The fourth-order valence-electron chi connectivity index (χ4n) is 1.99. The summed E-state index contributed by atoms with van der Waals surface area (Å²) >= 11 is 0. The van der Waals surface area contributed by atoms with Crippen LogP contribution in [0.25, 0.3) is 0 Å². The Morgan fingerprint density at radius 1 is 1.21 bits per heavy atom. The molecule has 0 bridgehead atoms. The van der Waals surface area contributed by atoms with Crippen molar-refractivity contribution in [3.63, 3.8) is 0 Å². The molecule has 1 saturated carbocycles. The smallest absolute Gasteiger partial charge is 0.402 e. The second-order valence-electron chi connectivity index (χ2n) is 4.49. The van der Waals surface area contributed by atoms with Crippen molar-refractivity contribution in [3.8, 4) is 0 Å². The van der Waals surface area contributed by atoms with E-state index in [4.69, 9.17) is 5.11 Å². The lowest BCUT2D eigenvalue weighted by atomic mass is 9.83. The van der Waals surface area contributed by atoms with E-state index in [1.165, 1.54) is 4.72 Å². The minimum atomic E-state index is -4.70. The zero-order valence-electron chi connectivity index (χ0n) is 9.96. The molecule has 0 atom stereocenters. The average molecular weight is 304 g/mol. The van der Waals surface area contributed by atoms with Crippen LogP contribution in [0.3, 0.4) is 0 Å². The molecule has 1 fully saturated rings. The van der Waals surface area contributed by atoms with Crippen LogP contribution in [0.1, 0.15) is 32.1 Å². The van der Waals surface area contributed by atoms with Gasteiger partial charge in [0.15, 0.2) is 0 Å². The van der Waals surface area contributed by atoms with Crippen molar-refractivity contribution in [2.75, 3.05) is 6.54 Å². The number of aliphatic carboxylic acids is 1. The van der Waals surface area contributed by atoms with Crippen LogP contribution < -0.4 is 9.44 Å². The topological polar surface area (TPSA) is 95.5 Å². The van der Waals surface area contributed by atoms with Crippen LogP contribution >= 0.6 is 0 Å². The number of alkyl halides is 3. The summed E-state index contributed by atoms with van der Waals surface area (Å²) in [6.45, 7) is -1.74. The first-order valence-corrected chi connectivity index (χ1v) is 7.13. The number of hydrogen-bond acceptors (Lipinski definition) is 3. The molecule has 0 aromatic heterocycles. The van der Waals surface area contributed by atoms with Gasteiger partial charge in [-0.05, 0) is 12.8 Å². The van der Waals surface area contributed by atoms with Gasteiger partial charge in [-0.15, -0.1) is 0 Å². The van der Waals surface area contributed by atoms with E-state index >= 15 is 0 Å². The molecule has 10 heteroatoms. The van der Waals surface area contributed by atoms with Crippen molar-refractivity contribution in [1.82, 2.24) is 9.44 Å². The molecule has 0 amide bonds. The van der Waals surface area contributed by atoms with E-state index in [0.29, 0.717) is 12.8 Å². The Labute approximate surface area is 108 Å². The van der Waals surface area contributed by atoms with E-state index in [9.17, 15) is 26.4 Å². The molecule has 0 aromatic rings. The van der Waals surface area contributed by atoms with E-state index in [1.54, 1.807) is 0 Å². The molecule has 0 unspecified atom stereocenters. The number of carboxylic acids is 1. The molecule has 1 rings (SSSR count). The van der Waals surface area contributed by atoms with Crippen LogP contribution in [-0.2, 0) is 15.0 Å². The zero-order valence-corrected chi connectivity index (χ0v) is 10.8. The van der Waals surface area contributed by atoms with Gasteiger partial charge >= 0.3 is 12.1 Å². The largest absolute Gasteiger partial charge is 0.480 e. The van der Waals surface area contributed by atoms with E-state index < -0.39 is 34.4 Å². The number of hydrogen-bond donors (Lipinski definition) is 3. The maximum Gasteiger partial charge on any atom is 0.402 e. The van der Waals surface area contributed by atoms with E-state index in [-0.39, 0.29) is 12.8 Å². The predicted octanol–water partition coefficient (Wildman–Crippen LogP) is 0.760. The number of carbonyl (C=O) groups is 1. The molecule has 0 radical (unpaired) electrons. The highest BCUT2D eigenvalue weighted by Crippen LogP contribution is 2.29. The van der Waals surface area contributed by atoms with Gasteiger partial charge in [-0.25, -0.2) is 0 Å². The molecular formula is C9H15F3N2O4S. The molecule has 0 saturated heterocycles. The number of rotatable bonds is 5. The van der Waals surface area contributed by atoms with Crippen molar-refractivity contribution >= 4 is 16.2 Å². The summed E-state index contributed by atoms with van der Waals surface area (Å²) in [7, 11) is -4.52. The van der Waals surface area contributed by atoms with Crippen molar-refractivity contribution in [2.45, 2.75) is 43.8 Å². The molecule has 3 N–H and O–H groups in total. The summed E-state index contributed by atoms with van der Waals surface area (Å²) in [5.41, 5.74) is -1.71. The van der Waals surface area contributed by atoms with Gasteiger partial charge in [0.1, 0.15) is 12.1 Å². The molecule has 6 nitrogen and oxygen atoms in total. The molecule has 112 valence electrons. The van der Waals surface area contributed by atoms with Crippen molar-refractivity contribution in [3.05, 3.63) is 0 Å². The second-order valence-corrected chi connectivity index (χ2v) is 5.99. The van der Waals surface area contributed by atoms with Crippen LogP contribution in [-0.4, -0.2) is 37.8 Å². The van der Waals surface area contributed by atoms with Crippen LogP contribution in [0.15, 0.2) is 0 Å². The van der Waals surface area contributed by atoms with Crippen molar-refractivity contribution < 1.29 is 31.5 Å². The summed E-state index contributed by atoms with van der Waals surface area (Å²) in [5, 5.41) is 9.10. The quantitative estimate of drug-likeness (QED) is 0.699. The lowest BCUT2D eigenvalue weighted by Crippen LogP contribution is -2.58. The molecular weight excluding hydrogens is 289 g/mol. The Kier molecular flexibility index (Phi) is 4.80. The Morgan fingerprint density at radius 2 is 1.74 bits per heavy atom. The highest BCUT2D eigenvalue weighted by Gasteiger charge is 2.43. The monoisotopic (exact) mass is 304 g/mol. The van der Waals surface area contributed by atoms with Gasteiger partial charge in [0.05, 0.1) is 0 Å². The lowest BCUT2D eigenvalue weighted by molar-refractivity contribution is -0.145. The number of nitrogens with one attached hydrogen (secondary N) is 2. The molecule has 0 heterocycles. The molecule has 0 aliphatic heterocycles. The van der Waals surface area contributed by atoms with Gasteiger partial charge < -0.3 is 5.11 Å². The Morgan fingerprint density at radius 3 is 2.16 bits per heavy atom. The maximum absolute atomic E-state index is 11.9. The standard InChI is InChI=1S/C9H15F3N2O4S/c10-9(11,12)6-13-19(17,18)14-8(7(15)16)4-2-1-3-5-8/h13-14H,1-6H2,(H,15,16). The predicted molar refractivity (Wildman–Crippen MR) is 59.6 cm³/mol. The summed E-state index contributed by atoms with van der Waals surface area (Å²) in [6, 6.07) is 0.